The molecule has 0 aromatic rings. The highest BCUT2D eigenvalue weighted by molar-refractivity contribution is 5.91. The maximum Gasteiger partial charge on any atom is 0.243 e. The molecule has 0 aromatic heterocycles. The summed E-state index contributed by atoms with van der Waals surface area (Å²) in [5, 5.41) is 3.17. The predicted octanol–water partition coefficient (Wildman–Crippen LogP) is 1.61. The van der Waals surface area contributed by atoms with Crippen LogP contribution in [0.4, 0.5) is 0 Å². The van der Waals surface area contributed by atoms with E-state index in [9.17, 15) is 4.79 Å². The van der Waals surface area contributed by atoms with E-state index < -0.39 is 0 Å². The quantitative estimate of drug-likeness (QED) is 0.400. The molecule has 14 heavy (non-hydrogen) atoms. The van der Waals surface area contributed by atoms with Gasteiger partial charge in [-0.15, -0.1) is 6.58 Å². The highest BCUT2D eigenvalue weighted by Crippen LogP contribution is 1.85. The molecule has 0 aromatic carbocycles. The van der Waals surface area contributed by atoms with Gasteiger partial charge in [-0.25, -0.2) is 0 Å². The lowest BCUT2D eigenvalue weighted by Gasteiger charge is -1.93. The molecular formula is C11H22N2O. The number of allylic oxidation sites excluding steroid dienone is 1. The summed E-state index contributed by atoms with van der Waals surface area (Å²) in [5.41, 5.74) is 5.45. The van der Waals surface area contributed by atoms with E-state index in [0.717, 1.165) is 13.1 Å². The van der Waals surface area contributed by atoms with Crippen molar-refractivity contribution in [3.05, 3.63) is 24.3 Å². The van der Waals surface area contributed by atoms with Crippen molar-refractivity contribution in [1.82, 2.24) is 5.32 Å². The fraction of sp³-hybridized carbons (Fsp3) is 0.545. The lowest BCUT2D eigenvalue weighted by atomic mass is 10.3. The Morgan fingerprint density at radius 2 is 2.14 bits per heavy atom. The SMILES string of the molecule is C=CCNCCC.CC=C(C)C(N)=O. The second kappa shape index (κ2) is 11.9. The molecule has 0 radical (unpaired) electrons. The minimum absolute atomic E-state index is 0.345. The van der Waals surface area contributed by atoms with Crippen molar-refractivity contribution in [3.8, 4) is 0 Å². The molecule has 0 aliphatic carbocycles. The van der Waals surface area contributed by atoms with Gasteiger partial charge >= 0.3 is 0 Å². The molecule has 0 aliphatic rings. The summed E-state index contributed by atoms with van der Waals surface area (Å²) >= 11 is 0. The van der Waals surface area contributed by atoms with Gasteiger partial charge in [-0.1, -0.05) is 19.1 Å². The van der Waals surface area contributed by atoms with Crippen LogP contribution in [0.1, 0.15) is 27.2 Å². The average Bonchev–Trinajstić information content (AvgIpc) is 2.18. The van der Waals surface area contributed by atoms with Crippen molar-refractivity contribution in [2.75, 3.05) is 13.1 Å². The molecule has 82 valence electrons. The van der Waals surface area contributed by atoms with Crippen molar-refractivity contribution >= 4 is 5.91 Å². The molecule has 3 heteroatoms. The Kier molecular flexibility index (Phi) is 13.1. The van der Waals surface area contributed by atoms with Crippen molar-refractivity contribution in [1.29, 1.82) is 0 Å². The van der Waals surface area contributed by atoms with Gasteiger partial charge in [0.05, 0.1) is 0 Å². The lowest BCUT2D eigenvalue weighted by Crippen LogP contribution is -2.13. The number of carbonyl (C=O) groups is 1. The van der Waals surface area contributed by atoms with Crippen molar-refractivity contribution < 1.29 is 4.79 Å². The molecule has 0 bridgehead atoms. The Labute approximate surface area is 87.1 Å². The molecule has 0 heterocycles. The standard InChI is InChI=1S/C6H13N.C5H9NO/c1-3-5-7-6-4-2;1-3-4(2)5(6)7/h3,7H,1,4-6H2,2H3;3H,1-2H3,(H2,6,7). The maximum atomic E-state index is 10.1. The van der Waals surface area contributed by atoms with Crippen molar-refractivity contribution in [3.63, 3.8) is 0 Å². The largest absolute Gasteiger partial charge is 0.366 e. The van der Waals surface area contributed by atoms with Gasteiger partial charge in [0.1, 0.15) is 0 Å². The van der Waals surface area contributed by atoms with E-state index in [1.807, 2.05) is 6.08 Å². The summed E-state index contributed by atoms with van der Waals surface area (Å²) < 4.78 is 0. The molecule has 3 N–H and O–H groups in total. The van der Waals surface area contributed by atoms with Crippen LogP contribution in [0.15, 0.2) is 24.3 Å². The third kappa shape index (κ3) is 13.5. The number of carbonyl (C=O) groups excluding carboxylic acids is 1. The van der Waals surface area contributed by atoms with Gasteiger partial charge in [0.15, 0.2) is 0 Å². The number of primary amides is 1. The zero-order valence-electron chi connectivity index (χ0n) is 9.47. The van der Waals surface area contributed by atoms with Gasteiger partial charge in [0.2, 0.25) is 5.91 Å². The summed E-state index contributed by atoms with van der Waals surface area (Å²) in [4.78, 5) is 10.1. The van der Waals surface area contributed by atoms with Crippen LogP contribution < -0.4 is 11.1 Å². The Balaban J connectivity index is 0. The average molecular weight is 198 g/mol. The highest BCUT2D eigenvalue weighted by atomic mass is 16.1. The van der Waals surface area contributed by atoms with Crippen LogP contribution in [0, 0.1) is 0 Å². The van der Waals surface area contributed by atoms with E-state index in [1.165, 1.54) is 6.42 Å². The van der Waals surface area contributed by atoms with Gasteiger partial charge in [-0.2, -0.15) is 0 Å². The summed E-state index contributed by atoms with van der Waals surface area (Å²) in [6.07, 6.45) is 4.76. The first-order valence-electron chi connectivity index (χ1n) is 4.84. The van der Waals surface area contributed by atoms with Gasteiger partial charge in [0.25, 0.3) is 0 Å². The van der Waals surface area contributed by atoms with Crippen LogP contribution >= 0.6 is 0 Å². The molecule has 0 saturated heterocycles. The Bertz CT molecular complexity index is 186. The number of nitrogens with two attached hydrogens (primary N) is 1. The molecule has 3 nitrogen and oxygen atoms in total. The smallest absolute Gasteiger partial charge is 0.243 e. The maximum absolute atomic E-state index is 10.1. The van der Waals surface area contributed by atoms with Crippen LogP contribution in [0.25, 0.3) is 0 Å². The van der Waals surface area contributed by atoms with E-state index in [0.29, 0.717) is 5.57 Å². The number of hydrogen-bond acceptors (Lipinski definition) is 2. The minimum atomic E-state index is -0.345. The summed E-state index contributed by atoms with van der Waals surface area (Å²) in [5.74, 6) is -0.345. The van der Waals surface area contributed by atoms with E-state index >= 15 is 0 Å². The second-order valence-corrected chi connectivity index (χ2v) is 2.83. The lowest BCUT2D eigenvalue weighted by molar-refractivity contribution is -0.114. The van der Waals surface area contributed by atoms with Gasteiger partial charge in [0, 0.05) is 12.1 Å². The first-order chi connectivity index (χ1) is 6.59. The Morgan fingerprint density at radius 1 is 1.57 bits per heavy atom. The molecule has 1 amide bonds. The first kappa shape index (κ1) is 15.4. The fourth-order valence-electron chi connectivity index (χ4n) is 0.523. The topological polar surface area (TPSA) is 55.1 Å². The predicted molar refractivity (Wildman–Crippen MR) is 62.0 cm³/mol. The Morgan fingerprint density at radius 3 is 2.36 bits per heavy atom. The van der Waals surface area contributed by atoms with E-state index in [1.54, 1.807) is 19.9 Å². The molecule has 0 aliphatic heterocycles. The molecular weight excluding hydrogens is 176 g/mol. The second-order valence-electron chi connectivity index (χ2n) is 2.83. The molecule has 0 fully saturated rings. The number of hydrogen-bond donors (Lipinski definition) is 2. The fourth-order valence-corrected chi connectivity index (χ4v) is 0.523. The normalized spacial score (nSPS) is 10.1. The molecule has 0 rings (SSSR count). The van der Waals surface area contributed by atoms with Crippen LogP contribution in [0.2, 0.25) is 0 Å². The van der Waals surface area contributed by atoms with Crippen molar-refractivity contribution in [2.45, 2.75) is 27.2 Å². The monoisotopic (exact) mass is 198 g/mol. The summed E-state index contributed by atoms with van der Waals surface area (Å²) in [7, 11) is 0. The first-order valence-corrected chi connectivity index (χ1v) is 4.84. The zero-order chi connectivity index (χ0) is 11.4. The molecule has 0 unspecified atom stereocenters. The van der Waals surface area contributed by atoms with Gasteiger partial charge in [-0.3, -0.25) is 4.79 Å². The van der Waals surface area contributed by atoms with Crippen LogP contribution in [-0.2, 0) is 4.79 Å². The van der Waals surface area contributed by atoms with Crippen LogP contribution in [0.3, 0.4) is 0 Å². The zero-order valence-corrected chi connectivity index (χ0v) is 9.47. The van der Waals surface area contributed by atoms with Crippen LogP contribution in [0.5, 0.6) is 0 Å². The summed E-state index contributed by atoms with van der Waals surface area (Å²) in [6, 6.07) is 0. The van der Waals surface area contributed by atoms with Crippen molar-refractivity contribution in [2.24, 2.45) is 5.73 Å². The molecule has 0 saturated carbocycles. The van der Waals surface area contributed by atoms with E-state index in [2.05, 4.69) is 18.8 Å². The third-order valence-electron chi connectivity index (χ3n) is 1.54. The Hall–Kier alpha value is -1.09. The van der Waals surface area contributed by atoms with Gasteiger partial charge in [-0.05, 0) is 26.8 Å². The van der Waals surface area contributed by atoms with Crippen LogP contribution in [-0.4, -0.2) is 19.0 Å². The van der Waals surface area contributed by atoms with E-state index in [4.69, 9.17) is 5.73 Å². The number of nitrogens with one attached hydrogen (secondary N) is 1. The molecule has 0 spiro atoms. The molecule has 0 atom stereocenters. The number of amides is 1. The minimum Gasteiger partial charge on any atom is -0.366 e. The summed E-state index contributed by atoms with van der Waals surface area (Å²) in [6.45, 7) is 11.2. The highest BCUT2D eigenvalue weighted by Gasteiger charge is 1.90. The van der Waals surface area contributed by atoms with E-state index in [-0.39, 0.29) is 5.91 Å². The third-order valence-corrected chi connectivity index (χ3v) is 1.54. The van der Waals surface area contributed by atoms with Gasteiger partial charge < -0.3 is 11.1 Å². The number of rotatable bonds is 5.